The van der Waals surface area contributed by atoms with Gasteiger partial charge in [-0.3, -0.25) is 9.63 Å². The first-order valence-corrected chi connectivity index (χ1v) is 20.2. The zero-order valence-corrected chi connectivity index (χ0v) is 33.3. The summed E-state index contributed by atoms with van der Waals surface area (Å²) in [4.78, 5) is 17.4. The number of carbonyl (C=O) groups excluding carboxylic acids is 1. The van der Waals surface area contributed by atoms with E-state index < -0.39 is 19.5 Å². The summed E-state index contributed by atoms with van der Waals surface area (Å²) in [5, 5.41) is 1.90. The summed E-state index contributed by atoms with van der Waals surface area (Å²) in [6, 6.07) is 0. The lowest BCUT2D eigenvalue weighted by atomic mass is 9.61. The van der Waals surface area contributed by atoms with E-state index in [1.165, 1.54) is 49.9 Å². The Morgan fingerprint density at radius 2 is 1.52 bits per heavy atom. The second-order valence-electron chi connectivity index (χ2n) is 16.7. The topological polar surface area (TPSA) is 48.0 Å². The minimum Gasteiger partial charge on any atom is -0.420 e. The summed E-state index contributed by atoms with van der Waals surface area (Å²) in [7, 11) is 1.88. The Kier molecular flexibility index (Phi) is 13.4. The van der Waals surface area contributed by atoms with Crippen LogP contribution in [0.25, 0.3) is 0 Å². The highest BCUT2D eigenvalue weighted by Gasteiger charge is 2.50. The van der Waals surface area contributed by atoms with Gasteiger partial charge in [0.25, 0.3) is 5.91 Å². The lowest BCUT2D eigenvalue weighted by Crippen LogP contribution is -2.36. The molecule has 252 valence electrons. The van der Waals surface area contributed by atoms with Gasteiger partial charge in [-0.05, 0) is 96.4 Å². The SMILES string of the molecule is CON(C)C(=O)C=C[C@@H](C)[C@H]1CC[C@H]2C(=CC=C3C[C@@H](O[SiH2]C(C)(C)C(C)C)C[C@H](O[SiH2]C(C)(C)C(C)C)C3)CCC[C@]12C. The molecular weight excluding hydrogens is 579 g/mol. The van der Waals surface area contributed by atoms with E-state index in [1.807, 2.05) is 0 Å². The van der Waals surface area contributed by atoms with Crippen LogP contribution in [-0.2, 0) is 18.5 Å². The molecule has 0 spiro atoms. The molecule has 0 unspecified atom stereocenters. The number of likely N-dealkylation sites (N-methyl/N-ethyl adjacent to an activating group) is 1. The fraction of sp³-hybridized carbons (Fsp3) is 0.811. The maximum absolute atomic E-state index is 12.3. The number of fused-ring (bicyclic) bond motifs is 1. The van der Waals surface area contributed by atoms with Crippen molar-refractivity contribution >= 4 is 25.4 Å². The molecule has 0 aromatic rings. The molecule has 6 atom stereocenters. The van der Waals surface area contributed by atoms with E-state index in [9.17, 15) is 4.79 Å². The first kappa shape index (κ1) is 37.5. The van der Waals surface area contributed by atoms with Crippen LogP contribution in [0.3, 0.4) is 0 Å². The van der Waals surface area contributed by atoms with Crippen LogP contribution in [0.1, 0.15) is 121 Å². The predicted octanol–water partition coefficient (Wildman–Crippen LogP) is 8.10. The average Bonchev–Trinajstić information content (AvgIpc) is 3.33. The minimum absolute atomic E-state index is 0.0992. The van der Waals surface area contributed by atoms with E-state index >= 15 is 0 Å². The van der Waals surface area contributed by atoms with E-state index in [2.05, 4.69) is 87.5 Å². The molecule has 0 N–H and O–H groups in total. The Morgan fingerprint density at radius 1 is 0.955 bits per heavy atom. The van der Waals surface area contributed by atoms with Crippen LogP contribution >= 0.6 is 0 Å². The molecule has 7 heteroatoms. The Hall–Kier alpha value is -0.996. The molecular formula is C37H67NO4Si2. The smallest absolute Gasteiger partial charge is 0.269 e. The Balaban J connectivity index is 1.76. The second-order valence-corrected chi connectivity index (χ2v) is 21.6. The average molecular weight is 646 g/mol. The van der Waals surface area contributed by atoms with E-state index in [4.69, 9.17) is 13.7 Å². The van der Waals surface area contributed by atoms with Crippen molar-refractivity contribution in [2.75, 3.05) is 14.2 Å². The maximum atomic E-state index is 12.3. The number of hydroxylamine groups is 2. The number of carbonyl (C=O) groups is 1. The fourth-order valence-electron chi connectivity index (χ4n) is 7.45. The van der Waals surface area contributed by atoms with Gasteiger partial charge >= 0.3 is 0 Å². The summed E-state index contributed by atoms with van der Waals surface area (Å²) in [6.45, 7) is 23.7. The zero-order chi connectivity index (χ0) is 32.9. The van der Waals surface area contributed by atoms with Crippen molar-refractivity contribution in [1.82, 2.24) is 5.06 Å². The third-order valence-electron chi connectivity index (χ3n) is 12.3. The van der Waals surface area contributed by atoms with Crippen LogP contribution in [-0.4, -0.2) is 56.9 Å². The van der Waals surface area contributed by atoms with Crippen LogP contribution in [0.2, 0.25) is 10.1 Å². The number of amides is 1. The molecule has 0 radical (unpaired) electrons. The van der Waals surface area contributed by atoms with Gasteiger partial charge in [0.1, 0.15) is 0 Å². The third-order valence-corrected chi connectivity index (χ3v) is 16.7. The molecule has 5 nitrogen and oxygen atoms in total. The molecule has 0 aliphatic heterocycles. The Morgan fingerprint density at radius 3 is 2.05 bits per heavy atom. The van der Waals surface area contributed by atoms with Crippen LogP contribution < -0.4 is 0 Å². The van der Waals surface area contributed by atoms with E-state index in [-0.39, 0.29) is 11.3 Å². The fourth-order valence-corrected chi connectivity index (χ4v) is 9.95. The highest BCUT2D eigenvalue weighted by molar-refractivity contribution is 6.32. The van der Waals surface area contributed by atoms with Gasteiger partial charge in [-0.15, -0.1) is 0 Å². The van der Waals surface area contributed by atoms with Crippen LogP contribution in [0.4, 0.5) is 0 Å². The van der Waals surface area contributed by atoms with Crippen molar-refractivity contribution in [3.05, 3.63) is 35.5 Å². The van der Waals surface area contributed by atoms with Crippen molar-refractivity contribution in [2.45, 2.75) is 143 Å². The lowest BCUT2D eigenvalue weighted by molar-refractivity contribution is -0.162. The molecule has 3 aliphatic rings. The van der Waals surface area contributed by atoms with E-state index in [0.29, 0.717) is 51.9 Å². The predicted molar refractivity (Wildman–Crippen MR) is 191 cm³/mol. The molecule has 1 amide bonds. The summed E-state index contributed by atoms with van der Waals surface area (Å²) in [5.74, 6) is 2.78. The second kappa shape index (κ2) is 15.7. The summed E-state index contributed by atoms with van der Waals surface area (Å²) in [5.41, 5.74) is 3.45. The number of rotatable bonds is 13. The molecule has 3 fully saturated rings. The number of allylic oxidation sites excluding steroid dienone is 4. The van der Waals surface area contributed by atoms with Gasteiger partial charge in [0.15, 0.2) is 19.5 Å². The number of nitrogens with zero attached hydrogens (tertiary/aromatic N) is 1. The molecule has 44 heavy (non-hydrogen) atoms. The van der Waals surface area contributed by atoms with Gasteiger partial charge in [0.05, 0.1) is 19.3 Å². The van der Waals surface area contributed by atoms with E-state index in [0.717, 1.165) is 19.3 Å². The molecule has 3 rings (SSSR count). The van der Waals surface area contributed by atoms with Gasteiger partial charge in [0, 0.05) is 13.1 Å². The standard InChI is InChI=1S/C37H67NO4Si2/c1-25(2)35(6,7)43-41-30-22-28(23-31(24-30)42-44-36(8,9)26(3)4)16-17-29-14-13-21-37(10)32(18-19-33(29)37)27(5)15-20-34(39)38(11)40-12/h15-17,20,25-27,30-33H,13-14,18-19,21-24,43-44H2,1-12H3/t27-,30-,31-,32-,33+,37-/m1/s1. The minimum atomic E-state index is -0.657. The maximum Gasteiger partial charge on any atom is 0.269 e. The molecule has 3 aliphatic carbocycles. The molecule has 0 heterocycles. The van der Waals surface area contributed by atoms with Gasteiger partial charge in [-0.1, -0.05) is 98.6 Å². The summed E-state index contributed by atoms with van der Waals surface area (Å²) in [6.07, 6.45) is 18.8. The number of hydrogen-bond donors (Lipinski definition) is 0. The quantitative estimate of drug-likeness (QED) is 0.115. The summed E-state index contributed by atoms with van der Waals surface area (Å²) < 4.78 is 13.6. The van der Waals surface area contributed by atoms with Crippen LogP contribution in [0, 0.1) is 35.0 Å². The molecule has 0 saturated heterocycles. The first-order valence-electron chi connectivity index (χ1n) is 17.6. The highest BCUT2D eigenvalue weighted by Crippen LogP contribution is 2.59. The van der Waals surface area contributed by atoms with Crippen molar-refractivity contribution in [2.24, 2.45) is 35.0 Å². The third kappa shape index (κ3) is 9.52. The van der Waals surface area contributed by atoms with Crippen molar-refractivity contribution in [3.63, 3.8) is 0 Å². The van der Waals surface area contributed by atoms with Crippen molar-refractivity contribution in [1.29, 1.82) is 0 Å². The lowest BCUT2D eigenvalue weighted by Gasteiger charge is -2.44. The zero-order valence-electron chi connectivity index (χ0n) is 30.5. The molecule has 3 saturated carbocycles. The summed E-state index contributed by atoms with van der Waals surface area (Å²) >= 11 is 0. The molecule has 0 aromatic heterocycles. The van der Waals surface area contributed by atoms with Gasteiger partial charge in [-0.25, -0.2) is 5.06 Å². The van der Waals surface area contributed by atoms with Crippen molar-refractivity contribution < 1.29 is 18.5 Å². The largest absolute Gasteiger partial charge is 0.420 e. The van der Waals surface area contributed by atoms with Crippen LogP contribution in [0.5, 0.6) is 0 Å². The first-order chi connectivity index (χ1) is 20.5. The highest BCUT2D eigenvalue weighted by atomic mass is 28.2. The number of hydrogen-bond acceptors (Lipinski definition) is 4. The van der Waals surface area contributed by atoms with Crippen LogP contribution in [0.15, 0.2) is 35.5 Å². The normalized spacial score (nSPS) is 30.5. The Labute approximate surface area is 275 Å². The van der Waals surface area contributed by atoms with Gasteiger partial charge in [0.2, 0.25) is 0 Å². The molecule has 0 aromatic carbocycles. The van der Waals surface area contributed by atoms with E-state index in [1.54, 1.807) is 18.7 Å². The monoisotopic (exact) mass is 645 g/mol. The van der Waals surface area contributed by atoms with Crippen molar-refractivity contribution in [3.8, 4) is 0 Å². The van der Waals surface area contributed by atoms with Gasteiger partial charge < -0.3 is 8.85 Å². The molecule has 0 bridgehead atoms. The Bertz CT molecular complexity index is 1010. The van der Waals surface area contributed by atoms with Gasteiger partial charge in [-0.2, -0.15) is 0 Å².